The van der Waals surface area contributed by atoms with Crippen molar-refractivity contribution in [3.63, 3.8) is 0 Å². The molecule has 1 N–H and O–H groups in total. The van der Waals surface area contributed by atoms with Crippen LogP contribution in [0.1, 0.15) is 22.8 Å². The first-order chi connectivity index (χ1) is 10.1. The van der Waals surface area contributed by atoms with Crippen molar-refractivity contribution in [3.05, 3.63) is 71.8 Å². The van der Waals surface area contributed by atoms with Gasteiger partial charge in [0.25, 0.3) is 0 Å². The van der Waals surface area contributed by atoms with E-state index in [1.165, 1.54) is 0 Å². The molecule has 0 radical (unpaired) electrons. The number of aliphatic hydroxyl groups is 1. The topological polar surface area (TPSA) is 46.5 Å². The Bertz CT molecular complexity index is 566. The van der Waals surface area contributed by atoms with E-state index in [0.717, 1.165) is 5.56 Å². The van der Waals surface area contributed by atoms with Gasteiger partial charge in [-0.3, -0.25) is 0 Å². The first kappa shape index (κ1) is 15.3. The number of hydrogen-bond donors (Lipinski definition) is 1. The minimum Gasteiger partial charge on any atom is -0.461 e. The quantitative estimate of drug-likeness (QED) is 0.829. The molecule has 0 aliphatic heterocycles. The molecule has 21 heavy (non-hydrogen) atoms. The van der Waals surface area contributed by atoms with Gasteiger partial charge in [-0.05, 0) is 24.1 Å². The number of carbonyl (C=O) groups excluding carboxylic acids is 1. The molecule has 0 bridgehead atoms. The largest absolute Gasteiger partial charge is 0.461 e. The fourth-order valence-corrected chi connectivity index (χ4v) is 2.14. The van der Waals surface area contributed by atoms with E-state index in [-0.39, 0.29) is 19.2 Å². The van der Waals surface area contributed by atoms with E-state index in [9.17, 15) is 9.90 Å². The Hall–Kier alpha value is -2.13. The highest BCUT2D eigenvalue weighted by Gasteiger charge is 2.26. The van der Waals surface area contributed by atoms with Gasteiger partial charge >= 0.3 is 5.97 Å². The Kier molecular flexibility index (Phi) is 5.12. The molecule has 3 nitrogen and oxygen atoms in total. The highest BCUT2D eigenvalue weighted by atomic mass is 16.5. The zero-order chi connectivity index (χ0) is 15.1. The second-order valence-corrected chi connectivity index (χ2v) is 5.57. The first-order valence-corrected chi connectivity index (χ1v) is 7.00. The molecule has 1 atom stereocenters. The van der Waals surface area contributed by atoms with Crippen LogP contribution in [0, 0.1) is 5.41 Å². The number of carbonyl (C=O) groups is 1. The number of hydrogen-bond acceptors (Lipinski definition) is 3. The Labute approximate surface area is 125 Å². The summed E-state index contributed by atoms with van der Waals surface area (Å²) in [6.07, 6.45) is 0.659. The van der Waals surface area contributed by atoms with Gasteiger partial charge in [0, 0.05) is 5.41 Å². The molecule has 0 heterocycles. The van der Waals surface area contributed by atoms with Gasteiger partial charge < -0.3 is 9.84 Å². The van der Waals surface area contributed by atoms with E-state index in [2.05, 4.69) is 0 Å². The molecule has 3 heteroatoms. The lowest BCUT2D eigenvalue weighted by atomic mass is 9.85. The highest BCUT2D eigenvalue weighted by molar-refractivity contribution is 5.89. The molecule has 2 aromatic rings. The molecule has 0 aliphatic rings. The standard InChI is InChI=1S/C18H20O3/c1-18(13-19,12-15-8-4-2-5-9-15)14-21-17(20)16-10-6-3-7-11-16/h2-11,19H,12-14H2,1H3/t18-/m1/s1. The van der Waals surface area contributed by atoms with Gasteiger partial charge in [-0.25, -0.2) is 4.79 Å². The Morgan fingerprint density at radius 1 is 1.05 bits per heavy atom. The summed E-state index contributed by atoms with van der Waals surface area (Å²) in [5.41, 5.74) is 1.16. The van der Waals surface area contributed by atoms with Gasteiger partial charge in [-0.15, -0.1) is 0 Å². The highest BCUT2D eigenvalue weighted by Crippen LogP contribution is 2.23. The summed E-state index contributed by atoms with van der Waals surface area (Å²) in [5.74, 6) is -0.358. The van der Waals surface area contributed by atoms with Crippen LogP contribution in [0.5, 0.6) is 0 Å². The van der Waals surface area contributed by atoms with Crippen LogP contribution < -0.4 is 0 Å². The predicted molar refractivity (Wildman–Crippen MR) is 82.1 cm³/mol. The minimum absolute atomic E-state index is 0.0377. The Morgan fingerprint density at radius 3 is 2.19 bits per heavy atom. The van der Waals surface area contributed by atoms with Crippen molar-refractivity contribution in [1.29, 1.82) is 0 Å². The van der Waals surface area contributed by atoms with Gasteiger partial charge in [0.1, 0.15) is 0 Å². The normalized spacial score (nSPS) is 13.4. The van der Waals surface area contributed by atoms with Crippen molar-refractivity contribution >= 4 is 5.97 Å². The number of ether oxygens (including phenoxy) is 1. The monoisotopic (exact) mass is 284 g/mol. The lowest BCUT2D eigenvalue weighted by Gasteiger charge is -2.26. The molecule has 0 amide bonds. The van der Waals surface area contributed by atoms with Gasteiger partial charge in [-0.2, -0.15) is 0 Å². The molecule has 0 unspecified atom stereocenters. The summed E-state index contributed by atoms with van der Waals surface area (Å²) < 4.78 is 5.36. The molecule has 2 aromatic carbocycles. The van der Waals surface area contributed by atoms with Crippen LogP contribution in [0.15, 0.2) is 60.7 Å². The average molecular weight is 284 g/mol. The number of benzene rings is 2. The summed E-state index contributed by atoms with van der Waals surface area (Å²) in [4.78, 5) is 12.0. The molecule has 0 spiro atoms. The summed E-state index contributed by atoms with van der Waals surface area (Å²) in [5, 5.41) is 9.64. The number of rotatable bonds is 6. The predicted octanol–water partition coefficient (Wildman–Crippen LogP) is 3.08. The van der Waals surface area contributed by atoms with Crippen molar-refractivity contribution in [1.82, 2.24) is 0 Å². The Morgan fingerprint density at radius 2 is 1.62 bits per heavy atom. The molecule has 0 aliphatic carbocycles. The molecule has 0 aromatic heterocycles. The van der Waals surface area contributed by atoms with Crippen LogP contribution in [0.25, 0.3) is 0 Å². The maximum Gasteiger partial charge on any atom is 0.338 e. The van der Waals surface area contributed by atoms with Gasteiger partial charge in [-0.1, -0.05) is 55.5 Å². The second kappa shape index (κ2) is 7.04. The molecule has 110 valence electrons. The molecular weight excluding hydrogens is 264 g/mol. The van der Waals surface area contributed by atoms with E-state index in [0.29, 0.717) is 12.0 Å². The fraction of sp³-hybridized carbons (Fsp3) is 0.278. The molecule has 2 rings (SSSR count). The van der Waals surface area contributed by atoms with E-state index >= 15 is 0 Å². The molecule has 0 saturated carbocycles. The third kappa shape index (κ3) is 4.43. The number of aliphatic hydroxyl groups excluding tert-OH is 1. The molecule has 0 fully saturated rings. The SMILES string of the molecule is C[C@@](CO)(COC(=O)c1ccccc1)Cc1ccccc1. The average Bonchev–Trinajstić information content (AvgIpc) is 2.54. The summed E-state index contributed by atoms with van der Waals surface area (Å²) in [6, 6.07) is 18.8. The van der Waals surface area contributed by atoms with Crippen LogP contribution in [-0.2, 0) is 11.2 Å². The second-order valence-electron chi connectivity index (χ2n) is 5.57. The van der Waals surface area contributed by atoms with Crippen LogP contribution in [0.4, 0.5) is 0 Å². The molecule has 0 saturated heterocycles. The van der Waals surface area contributed by atoms with Gasteiger partial charge in [0.05, 0.1) is 18.8 Å². The fourth-order valence-electron chi connectivity index (χ4n) is 2.14. The van der Waals surface area contributed by atoms with Crippen LogP contribution in [-0.4, -0.2) is 24.3 Å². The van der Waals surface area contributed by atoms with Crippen LogP contribution >= 0.6 is 0 Å². The van der Waals surface area contributed by atoms with Gasteiger partial charge in [0.2, 0.25) is 0 Å². The zero-order valence-electron chi connectivity index (χ0n) is 12.2. The van der Waals surface area contributed by atoms with Crippen LogP contribution in [0.2, 0.25) is 0 Å². The maximum atomic E-state index is 12.0. The minimum atomic E-state index is -0.480. The van der Waals surface area contributed by atoms with Crippen LogP contribution in [0.3, 0.4) is 0 Å². The van der Waals surface area contributed by atoms with E-state index in [1.54, 1.807) is 24.3 Å². The van der Waals surface area contributed by atoms with Gasteiger partial charge in [0.15, 0.2) is 0 Å². The summed E-state index contributed by atoms with van der Waals surface area (Å²) in [7, 11) is 0. The third-order valence-electron chi connectivity index (χ3n) is 3.42. The number of esters is 1. The van der Waals surface area contributed by atoms with Crippen molar-refractivity contribution in [2.24, 2.45) is 5.41 Å². The Balaban J connectivity index is 1.97. The zero-order valence-corrected chi connectivity index (χ0v) is 12.2. The van der Waals surface area contributed by atoms with Crippen molar-refractivity contribution in [2.45, 2.75) is 13.3 Å². The smallest absolute Gasteiger partial charge is 0.338 e. The maximum absolute atomic E-state index is 12.0. The lowest BCUT2D eigenvalue weighted by molar-refractivity contribution is 0.0163. The first-order valence-electron chi connectivity index (χ1n) is 7.00. The van der Waals surface area contributed by atoms with E-state index in [1.807, 2.05) is 43.3 Å². The summed E-state index contributed by atoms with van der Waals surface area (Å²) >= 11 is 0. The van der Waals surface area contributed by atoms with Crippen molar-refractivity contribution in [3.8, 4) is 0 Å². The molecular formula is C18H20O3. The summed E-state index contributed by atoms with van der Waals surface area (Å²) in [6.45, 7) is 2.06. The third-order valence-corrected chi connectivity index (χ3v) is 3.42. The van der Waals surface area contributed by atoms with E-state index in [4.69, 9.17) is 4.74 Å². The van der Waals surface area contributed by atoms with Crippen molar-refractivity contribution in [2.75, 3.05) is 13.2 Å². The van der Waals surface area contributed by atoms with Crippen molar-refractivity contribution < 1.29 is 14.6 Å². The van der Waals surface area contributed by atoms with E-state index < -0.39 is 5.41 Å². The lowest BCUT2D eigenvalue weighted by Crippen LogP contribution is -2.31.